The Kier molecular flexibility index (Phi) is 4.19. The highest BCUT2D eigenvalue weighted by molar-refractivity contribution is 6.31. The zero-order valence-corrected chi connectivity index (χ0v) is 11.2. The van der Waals surface area contributed by atoms with Gasteiger partial charge in [0.05, 0.1) is 4.92 Å². The summed E-state index contributed by atoms with van der Waals surface area (Å²) >= 11 is 6.10. The van der Waals surface area contributed by atoms with Crippen molar-refractivity contribution >= 4 is 17.3 Å². The van der Waals surface area contributed by atoms with Crippen molar-refractivity contribution in [2.45, 2.75) is 26.3 Å². The van der Waals surface area contributed by atoms with E-state index in [1.165, 1.54) is 18.9 Å². The number of halogens is 1. The van der Waals surface area contributed by atoms with Crippen LogP contribution < -0.4 is 0 Å². The molecule has 0 radical (unpaired) electrons. The molecule has 0 aromatic heterocycles. The molecular weight excluding hydrogens is 252 g/mol. The Hall–Kier alpha value is -1.13. The summed E-state index contributed by atoms with van der Waals surface area (Å²) in [6.45, 7) is 4.80. The van der Waals surface area contributed by atoms with Gasteiger partial charge in [-0.2, -0.15) is 0 Å². The summed E-state index contributed by atoms with van der Waals surface area (Å²) in [5, 5.41) is 11.4. The number of hydrogen-bond acceptors (Lipinski definition) is 3. The van der Waals surface area contributed by atoms with Crippen LogP contribution in [0.5, 0.6) is 0 Å². The molecule has 18 heavy (non-hydrogen) atoms. The molecule has 1 aromatic carbocycles. The van der Waals surface area contributed by atoms with E-state index >= 15 is 0 Å². The number of nitrogens with zero attached hydrogens (tertiary/aromatic N) is 2. The summed E-state index contributed by atoms with van der Waals surface area (Å²) in [4.78, 5) is 12.7. The lowest BCUT2D eigenvalue weighted by Crippen LogP contribution is -2.25. The lowest BCUT2D eigenvalue weighted by Gasteiger charge is -2.20. The van der Waals surface area contributed by atoms with Gasteiger partial charge in [0.25, 0.3) is 5.69 Å². The topological polar surface area (TPSA) is 46.4 Å². The van der Waals surface area contributed by atoms with Crippen LogP contribution in [-0.2, 0) is 6.54 Å². The van der Waals surface area contributed by atoms with Crippen molar-refractivity contribution in [3.63, 3.8) is 0 Å². The lowest BCUT2D eigenvalue weighted by molar-refractivity contribution is -0.384. The molecule has 0 saturated heterocycles. The zero-order chi connectivity index (χ0) is 13.1. The van der Waals surface area contributed by atoms with E-state index in [0.717, 1.165) is 24.6 Å². The highest BCUT2D eigenvalue weighted by atomic mass is 35.5. The van der Waals surface area contributed by atoms with Crippen molar-refractivity contribution in [3.05, 3.63) is 38.9 Å². The van der Waals surface area contributed by atoms with Gasteiger partial charge >= 0.3 is 0 Å². The largest absolute Gasteiger partial charge is 0.299 e. The van der Waals surface area contributed by atoms with Crippen molar-refractivity contribution in [1.29, 1.82) is 0 Å². The van der Waals surface area contributed by atoms with E-state index in [0.29, 0.717) is 11.6 Å². The SMILES string of the molecule is CCN(Cc1cc([N+](=O)[O-])ccc1Cl)CC1CC1. The first-order valence-corrected chi connectivity index (χ1v) is 6.63. The molecule has 1 fully saturated rings. The van der Waals surface area contributed by atoms with Gasteiger partial charge < -0.3 is 0 Å². The third-order valence-corrected chi connectivity index (χ3v) is 3.66. The molecule has 0 heterocycles. The van der Waals surface area contributed by atoms with Gasteiger partial charge in [0.15, 0.2) is 0 Å². The monoisotopic (exact) mass is 268 g/mol. The van der Waals surface area contributed by atoms with Crippen LogP contribution in [0.3, 0.4) is 0 Å². The Morgan fingerprint density at radius 1 is 1.50 bits per heavy atom. The van der Waals surface area contributed by atoms with Crippen LogP contribution in [-0.4, -0.2) is 22.9 Å². The molecule has 0 atom stereocenters. The van der Waals surface area contributed by atoms with Crippen LogP contribution in [0.25, 0.3) is 0 Å². The minimum atomic E-state index is -0.378. The molecule has 1 aliphatic rings. The zero-order valence-electron chi connectivity index (χ0n) is 10.4. The molecule has 0 aliphatic heterocycles. The number of nitro benzene ring substituents is 1. The molecule has 2 rings (SSSR count). The van der Waals surface area contributed by atoms with Crippen LogP contribution in [0.4, 0.5) is 5.69 Å². The molecular formula is C13H17ClN2O2. The number of hydrogen-bond donors (Lipinski definition) is 0. The molecule has 5 heteroatoms. The van der Waals surface area contributed by atoms with Crippen molar-refractivity contribution < 1.29 is 4.92 Å². The van der Waals surface area contributed by atoms with Gasteiger partial charge in [0.1, 0.15) is 0 Å². The molecule has 4 nitrogen and oxygen atoms in total. The first-order chi connectivity index (χ1) is 8.60. The second-order valence-corrected chi connectivity index (χ2v) is 5.21. The van der Waals surface area contributed by atoms with Crippen molar-refractivity contribution in [2.75, 3.05) is 13.1 Å². The second kappa shape index (κ2) is 5.67. The molecule has 0 amide bonds. The number of benzene rings is 1. The van der Waals surface area contributed by atoms with Gasteiger partial charge in [-0.25, -0.2) is 0 Å². The van der Waals surface area contributed by atoms with Crippen LogP contribution in [0.2, 0.25) is 5.02 Å². The summed E-state index contributed by atoms with van der Waals surface area (Å²) in [5.74, 6) is 0.808. The number of non-ortho nitro benzene ring substituents is 1. The van der Waals surface area contributed by atoms with Crippen LogP contribution in [0, 0.1) is 16.0 Å². The molecule has 0 bridgehead atoms. The summed E-state index contributed by atoms with van der Waals surface area (Å²) < 4.78 is 0. The fourth-order valence-electron chi connectivity index (χ4n) is 2.01. The maximum Gasteiger partial charge on any atom is 0.269 e. The first-order valence-electron chi connectivity index (χ1n) is 6.25. The maximum absolute atomic E-state index is 10.8. The van der Waals surface area contributed by atoms with Gasteiger partial charge in [0, 0.05) is 30.2 Å². The van der Waals surface area contributed by atoms with Crippen LogP contribution in [0.15, 0.2) is 18.2 Å². The van der Waals surface area contributed by atoms with Gasteiger partial charge in [-0.1, -0.05) is 18.5 Å². The highest BCUT2D eigenvalue weighted by Gasteiger charge is 2.24. The third kappa shape index (κ3) is 3.43. The van der Waals surface area contributed by atoms with Gasteiger partial charge in [0.2, 0.25) is 0 Å². The molecule has 98 valence electrons. The van der Waals surface area contributed by atoms with Crippen LogP contribution in [0.1, 0.15) is 25.3 Å². The molecule has 0 N–H and O–H groups in total. The summed E-state index contributed by atoms with van der Waals surface area (Å²) in [6.07, 6.45) is 2.61. The fourth-order valence-corrected chi connectivity index (χ4v) is 2.19. The highest BCUT2D eigenvalue weighted by Crippen LogP contribution is 2.31. The number of rotatable bonds is 6. The Balaban J connectivity index is 2.10. The maximum atomic E-state index is 10.8. The summed E-state index contributed by atoms with van der Waals surface area (Å²) in [7, 11) is 0. The molecule has 1 saturated carbocycles. The fraction of sp³-hybridized carbons (Fsp3) is 0.538. The predicted molar refractivity (Wildman–Crippen MR) is 71.8 cm³/mol. The lowest BCUT2D eigenvalue weighted by atomic mass is 10.2. The van der Waals surface area contributed by atoms with E-state index in [1.54, 1.807) is 12.1 Å². The van der Waals surface area contributed by atoms with E-state index in [2.05, 4.69) is 11.8 Å². The Bertz CT molecular complexity index is 447. The average molecular weight is 269 g/mol. The molecule has 0 spiro atoms. The van der Waals surface area contributed by atoms with E-state index in [4.69, 9.17) is 11.6 Å². The van der Waals surface area contributed by atoms with Crippen molar-refractivity contribution in [2.24, 2.45) is 5.92 Å². The van der Waals surface area contributed by atoms with Crippen LogP contribution >= 0.6 is 11.6 Å². The Labute approximate surface area is 112 Å². The smallest absolute Gasteiger partial charge is 0.269 e. The molecule has 1 aromatic rings. The molecule has 0 unspecified atom stereocenters. The van der Waals surface area contributed by atoms with E-state index in [-0.39, 0.29) is 10.6 Å². The van der Waals surface area contributed by atoms with E-state index in [9.17, 15) is 10.1 Å². The van der Waals surface area contributed by atoms with Gasteiger partial charge in [-0.15, -0.1) is 0 Å². The quantitative estimate of drug-likeness (QED) is 0.586. The van der Waals surface area contributed by atoms with Crippen molar-refractivity contribution in [1.82, 2.24) is 4.90 Å². The van der Waals surface area contributed by atoms with E-state index in [1.807, 2.05) is 0 Å². The van der Waals surface area contributed by atoms with E-state index < -0.39 is 0 Å². The average Bonchev–Trinajstić information content (AvgIpc) is 3.14. The first kappa shape index (κ1) is 13.3. The van der Waals surface area contributed by atoms with Gasteiger partial charge in [-0.05, 0) is 36.9 Å². The Morgan fingerprint density at radius 3 is 2.78 bits per heavy atom. The van der Waals surface area contributed by atoms with Crippen molar-refractivity contribution in [3.8, 4) is 0 Å². The minimum Gasteiger partial charge on any atom is -0.299 e. The normalized spacial score (nSPS) is 15.1. The summed E-state index contributed by atoms with van der Waals surface area (Å²) in [6, 6.07) is 4.64. The second-order valence-electron chi connectivity index (χ2n) is 4.80. The number of nitro groups is 1. The predicted octanol–water partition coefficient (Wildman–Crippen LogP) is 3.48. The molecule has 1 aliphatic carbocycles. The minimum absolute atomic E-state index is 0.108. The summed E-state index contributed by atoms with van der Waals surface area (Å²) in [5.41, 5.74) is 0.949. The Morgan fingerprint density at radius 2 is 2.22 bits per heavy atom. The standard InChI is InChI=1S/C13H17ClN2O2/c1-2-15(8-10-3-4-10)9-11-7-12(16(17)18)5-6-13(11)14/h5-7,10H,2-4,8-9H2,1H3. The van der Waals surface area contributed by atoms with Gasteiger partial charge in [-0.3, -0.25) is 15.0 Å². The third-order valence-electron chi connectivity index (χ3n) is 3.29.